The van der Waals surface area contributed by atoms with Crippen molar-refractivity contribution in [3.05, 3.63) is 15.0 Å². The van der Waals surface area contributed by atoms with Crippen LogP contribution in [0.4, 0.5) is 8.78 Å². The highest BCUT2D eigenvalue weighted by Gasteiger charge is 2.24. The minimum absolute atomic E-state index is 0.232. The van der Waals surface area contributed by atoms with Crippen molar-refractivity contribution in [2.24, 2.45) is 0 Å². The van der Waals surface area contributed by atoms with Gasteiger partial charge in [-0.05, 0) is 6.92 Å². The predicted octanol–water partition coefficient (Wildman–Crippen LogP) is 1.74. The SMILES string of the molecule is CC(CS(=O)(=O)N(C)C)NC(=O)c1nc(Cl)c(C(F)F)s1. The summed E-state index contributed by atoms with van der Waals surface area (Å²) in [6.45, 7) is 1.49. The summed E-state index contributed by atoms with van der Waals surface area (Å²) in [7, 11) is -0.737. The first-order valence-corrected chi connectivity index (χ1v) is 8.50. The average Bonchev–Trinajstić information content (AvgIpc) is 2.70. The molecule has 0 fully saturated rings. The Balaban J connectivity index is 2.76. The minimum atomic E-state index is -3.49. The Hall–Kier alpha value is -0.840. The van der Waals surface area contributed by atoms with E-state index >= 15 is 0 Å². The molecular weight excluding hydrogens is 348 g/mol. The maximum absolute atomic E-state index is 12.5. The van der Waals surface area contributed by atoms with E-state index in [1.54, 1.807) is 0 Å². The highest BCUT2D eigenvalue weighted by molar-refractivity contribution is 7.89. The first-order valence-electron chi connectivity index (χ1n) is 5.70. The average molecular weight is 362 g/mol. The molecule has 1 heterocycles. The van der Waals surface area contributed by atoms with Crippen LogP contribution in [0.15, 0.2) is 0 Å². The maximum Gasteiger partial charge on any atom is 0.280 e. The molecule has 1 unspecified atom stereocenters. The number of carbonyl (C=O) groups is 1. The lowest BCUT2D eigenvalue weighted by Gasteiger charge is -2.16. The summed E-state index contributed by atoms with van der Waals surface area (Å²) >= 11 is 5.98. The van der Waals surface area contributed by atoms with E-state index in [-0.39, 0.29) is 10.8 Å². The van der Waals surface area contributed by atoms with E-state index in [0.29, 0.717) is 11.3 Å². The van der Waals surface area contributed by atoms with Gasteiger partial charge in [-0.2, -0.15) is 0 Å². The van der Waals surface area contributed by atoms with Crippen LogP contribution in [-0.2, 0) is 10.0 Å². The standard InChI is InChI=1S/C10H14ClF2N3O3S2/c1-5(4-21(18,19)16(2)3)14-9(17)10-15-7(11)6(20-10)8(12)13/h5,8H,4H2,1-3H3,(H,14,17). The molecule has 1 aromatic rings. The van der Waals surface area contributed by atoms with E-state index in [0.717, 1.165) is 4.31 Å². The van der Waals surface area contributed by atoms with Gasteiger partial charge in [0.05, 0.1) is 5.75 Å². The number of halogens is 3. The number of thiazole rings is 1. The third kappa shape index (κ3) is 4.83. The van der Waals surface area contributed by atoms with Crippen LogP contribution in [0, 0.1) is 0 Å². The van der Waals surface area contributed by atoms with Crippen LogP contribution >= 0.6 is 22.9 Å². The van der Waals surface area contributed by atoms with Crippen molar-refractivity contribution in [2.75, 3.05) is 19.8 Å². The molecule has 0 saturated heterocycles. The van der Waals surface area contributed by atoms with E-state index in [9.17, 15) is 22.0 Å². The molecule has 0 aliphatic heterocycles. The Kier molecular flexibility index (Phi) is 6.02. The molecular formula is C10H14ClF2N3O3S2. The number of amides is 1. The Labute approximate surface area is 130 Å². The molecule has 0 aliphatic rings. The minimum Gasteiger partial charge on any atom is -0.346 e. The second kappa shape index (κ2) is 6.95. The van der Waals surface area contributed by atoms with Gasteiger partial charge in [0.15, 0.2) is 5.01 Å². The van der Waals surface area contributed by atoms with Gasteiger partial charge in [-0.3, -0.25) is 4.79 Å². The van der Waals surface area contributed by atoms with Gasteiger partial charge in [-0.15, -0.1) is 11.3 Å². The van der Waals surface area contributed by atoms with Crippen molar-refractivity contribution in [1.29, 1.82) is 0 Å². The van der Waals surface area contributed by atoms with Crippen LogP contribution in [0.3, 0.4) is 0 Å². The van der Waals surface area contributed by atoms with Crippen molar-refractivity contribution in [3.63, 3.8) is 0 Å². The molecule has 0 spiro atoms. The molecule has 0 aliphatic carbocycles. The van der Waals surface area contributed by atoms with Gasteiger partial charge in [0.1, 0.15) is 10.0 Å². The highest BCUT2D eigenvalue weighted by atomic mass is 35.5. The van der Waals surface area contributed by atoms with Gasteiger partial charge in [-0.1, -0.05) is 11.6 Å². The van der Waals surface area contributed by atoms with Crippen LogP contribution in [0.1, 0.15) is 28.0 Å². The fraction of sp³-hybridized carbons (Fsp3) is 0.600. The molecule has 6 nitrogen and oxygen atoms in total. The first kappa shape index (κ1) is 18.2. The lowest BCUT2D eigenvalue weighted by molar-refractivity contribution is 0.0943. The Morgan fingerprint density at radius 2 is 2.05 bits per heavy atom. The van der Waals surface area contributed by atoms with E-state index in [1.165, 1.54) is 21.0 Å². The number of alkyl halides is 2. The molecule has 1 amide bonds. The zero-order valence-electron chi connectivity index (χ0n) is 11.4. The van der Waals surface area contributed by atoms with Crippen molar-refractivity contribution >= 4 is 38.9 Å². The molecule has 120 valence electrons. The number of hydrogen-bond donors (Lipinski definition) is 1. The summed E-state index contributed by atoms with van der Waals surface area (Å²) in [4.78, 5) is 14.9. The van der Waals surface area contributed by atoms with Crippen molar-refractivity contribution < 1.29 is 22.0 Å². The van der Waals surface area contributed by atoms with Crippen molar-refractivity contribution in [3.8, 4) is 0 Å². The molecule has 0 aromatic carbocycles. The summed E-state index contributed by atoms with van der Waals surface area (Å²) in [5.74, 6) is -1.05. The molecule has 1 atom stereocenters. The molecule has 1 aromatic heterocycles. The number of nitrogens with one attached hydrogen (secondary N) is 1. The predicted molar refractivity (Wildman–Crippen MR) is 76.5 cm³/mol. The van der Waals surface area contributed by atoms with Gasteiger partial charge in [0.2, 0.25) is 10.0 Å². The quantitative estimate of drug-likeness (QED) is 0.837. The largest absolute Gasteiger partial charge is 0.346 e. The topological polar surface area (TPSA) is 79.4 Å². The molecule has 1 N–H and O–H groups in total. The van der Waals surface area contributed by atoms with E-state index < -0.39 is 38.4 Å². The van der Waals surface area contributed by atoms with Crippen LogP contribution < -0.4 is 5.32 Å². The number of rotatable bonds is 6. The fourth-order valence-electron chi connectivity index (χ4n) is 1.34. The van der Waals surface area contributed by atoms with Crippen molar-refractivity contribution in [1.82, 2.24) is 14.6 Å². The zero-order chi connectivity index (χ0) is 16.4. The number of nitrogens with zero attached hydrogens (tertiary/aromatic N) is 2. The zero-order valence-corrected chi connectivity index (χ0v) is 13.8. The van der Waals surface area contributed by atoms with Crippen LogP contribution in [-0.4, -0.2) is 49.5 Å². The summed E-state index contributed by atoms with van der Waals surface area (Å²) < 4.78 is 49.4. The van der Waals surface area contributed by atoms with Crippen LogP contribution in [0.5, 0.6) is 0 Å². The molecule has 0 radical (unpaired) electrons. The fourth-order valence-corrected chi connectivity index (χ4v) is 3.40. The third-order valence-corrected chi connectivity index (χ3v) is 5.89. The first-order chi connectivity index (χ1) is 9.54. The molecule has 0 bridgehead atoms. The monoisotopic (exact) mass is 361 g/mol. The molecule has 11 heteroatoms. The summed E-state index contributed by atoms with van der Waals surface area (Å²) in [5.41, 5.74) is 0. The maximum atomic E-state index is 12.5. The van der Waals surface area contributed by atoms with Gasteiger partial charge >= 0.3 is 0 Å². The molecule has 0 saturated carbocycles. The number of aromatic nitrogens is 1. The third-order valence-electron chi connectivity index (χ3n) is 2.40. The second-order valence-electron chi connectivity index (χ2n) is 4.41. The van der Waals surface area contributed by atoms with Gasteiger partial charge < -0.3 is 5.32 Å². The molecule has 1 rings (SSSR count). The number of sulfonamides is 1. The lowest BCUT2D eigenvalue weighted by Crippen LogP contribution is -2.40. The van der Waals surface area contributed by atoms with Gasteiger partial charge in [0.25, 0.3) is 12.3 Å². The lowest BCUT2D eigenvalue weighted by atomic mass is 10.4. The Morgan fingerprint density at radius 3 is 2.48 bits per heavy atom. The highest BCUT2D eigenvalue weighted by Crippen LogP contribution is 2.32. The van der Waals surface area contributed by atoms with Gasteiger partial charge in [0, 0.05) is 20.1 Å². The molecule has 21 heavy (non-hydrogen) atoms. The van der Waals surface area contributed by atoms with E-state index in [1.807, 2.05) is 0 Å². The van der Waals surface area contributed by atoms with E-state index in [2.05, 4.69) is 10.3 Å². The van der Waals surface area contributed by atoms with Crippen LogP contribution in [0.25, 0.3) is 0 Å². The smallest absolute Gasteiger partial charge is 0.280 e. The number of hydrogen-bond acceptors (Lipinski definition) is 5. The van der Waals surface area contributed by atoms with Crippen LogP contribution in [0.2, 0.25) is 5.15 Å². The number of carbonyl (C=O) groups excluding carboxylic acids is 1. The summed E-state index contributed by atoms with van der Waals surface area (Å²) in [6.07, 6.45) is -2.82. The summed E-state index contributed by atoms with van der Waals surface area (Å²) in [5, 5.41) is 1.73. The van der Waals surface area contributed by atoms with Gasteiger partial charge in [-0.25, -0.2) is 26.5 Å². The Morgan fingerprint density at radius 1 is 1.48 bits per heavy atom. The Bertz CT molecular complexity index is 619. The summed E-state index contributed by atoms with van der Waals surface area (Å²) in [6, 6.07) is -0.706. The van der Waals surface area contributed by atoms with Crippen molar-refractivity contribution in [2.45, 2.75) is 19.4 Å². The normalized spacial score (nSPS) is 13.7. The second-order valence-corrected chi connectivity index (χ2v) is 8.03. The van der Waals surface area contributed by atoms with E-state index in [4.69, 9.17) is 11.6 Å².